The van der Waals surface area contributed by atoms with Crippen LogP contribution in [-0.4, -0.2) is 19.2 Å². The first-order valence-electron chi connectivity index (χ1n) is 9.04. The molecular formula is C23H21BrN2O3. The van der Waals surface area contributed by atoms with E-state index in [-0.39, 0.29) is 5.91 Å². The van der Waals surface area contributed by atoms with E-state index in [1.165, 1.54) is 7.11 Å². The smallest absolute Gasteiger partial charge is 0.273 e. The van der Waals surface area contributed by atoms with Crippen LogP contribution in [0.5, 0.6) is 5.75 Å². The molecule has 0 aromatic heterocycles. The molecule has 0 fully saturated rings. The molecule has 1 amide bonds. The summed E-state index contributed by atoms with van der Waals surface area (Å²) in [6.45, 7) is 0.475. The van der Waals surface area contributed by atoms with E-state index in [0.717, 1.165) is 21.2 Å². The number of amides is 1. The van der Waals surface area contributed by atoms with Crippen LogP contribution < -0.4 is 10.2 Å². The zero-order valence-electron chi connectivity index (χ0n) is 15.9. The van der Waals surface area contributed by atoms with E-state index in [1.807, 2.05) is 78.9 Å². The lowest BCUT2D eigenvalue weighted by Crippen LogP contribution is -2.26. The first kappa shape index (κ1) is 20.8. The number of nitrogens with one attached hydrogen (secondary N) is 1. The SMILES string of the molecule is CO[C@@H](C(=O)N/N=C\c1cc(OCc2ccccc2)ccc1Br)c1ccccc1. The molecule has 0 aliphatic carbocycles. The molecule has 3 aromatic carbocycles. The van der Waals surface area contributed by atoms with Crippen molar-refractivity contribution in [1.29, 1.82) is 0 Å². The first-order chi connectivity index (χ1) is 14.2. The highest BCUT2D eigenvalue weighted by Crippen LogP contribution is 2.22. The van der Waals surface area contributed by atoms with Crippen molar-refractivity contribution in [1.82, 2.24) is 5.43 Å². The Hall–Kier alpha value is -2.96. The van der Waals surface area contributed by atoms with E-state index in [9.17, 15) is 4.79 Å². The minimum Gasteiger partial charge on any atom is -0.489 e. The summed E-state index contributed by atoms with van der Waals surface area (Å²) in [7, 11) is 1.49. The Bertz CT molecular complexity index is 962. The van der Waals surface area contributed by atoms with Gasteiger partial charge in [0.05, 0.1) is 6.21 Å². The summed E-state index contributed by atoms with van der Waals surface area (Å²) in [5.74, 6) is 0.367. The number of hydrogen-bond acceptors (Lipinski definition) is 4. The van der Waals surface area contributed by atoms with Gasteiger partial charge in [0.25, 0.3) is 5.91 Å². The Labute approximate surface area is 178 Å². The van der Waals surface area contributed by atoms with Gasteiger partial charge in [-0.2, -0.15) is 5.10 Å². The molecule has 0 bridgehead atoms. The number of carbonyl (C=O) groups is 1. The molecular weight excluding hydrogens is 432 g/mol. The van der Waals surface area contributed by atoms with E-state index < -0.39 is 6.10 Å². The molecule has 0 saturated carbocycles. The van der Waals surface area contributed by atoms with Crippen LogP contribution in [0.15, 0.2) is 88.4 Å². The molecule has 0 saturated heterocycles. The number of carbonyl (C=O) groups excluding carboxylic acids is 1. The molecule has 148 valence electrons. The number of hydrazone groups is 1. The number of benzene rings is 3. The number of hydrogen-bond donors (Lipinski definition) is 1. The third kappa shape index (κ3) is 6.01. The predicted molar refractivity (Wildman–Crippen MR) is 117 cm³/mol. The van der Waals surface area contributed by atoms with Gasteiger partial charge in [-0.25, -0.2) is 5.43 Å². The van der Waals surface area contributed by atoms with E-state index in [4.69, 9.17) is 9.47 Å². The Balaban J connectivity index is 1.63. The van der Waals surface area contributed by atoms with Gasteiger partial charge in [-0.05, 0) is 29.3 Å². The second-order valence-electron chi connectivity index (χ2n) is 6.22. The normalized spacial score (nSPS) is 11.9. The number of halogens is 1. The maximum atomic E-state index is 12.4. The number of ether oxygens (including phenoxy) is 2. The van der Waals surface area contributed by atoms with Crippen molar-refractivity contribution in [3.63, 3.8) is 0 Å². The molecule has 6 heteroatoms. The van der Waals surface area contributed by atoms with Gasteiger partial charge >= 0.3 is 0 Å². The molecule has 0 radical (unpaired) electrons. The van der Waals surface area contributed by atoms with Gasteiger partial charge in [-0.15, -0.1) is 0 Å². The topological polar surface area (TPSA) is 59.9 Å². The molecule has 5 nitrogen and oxygen atoms in total. The van der Waals surface area contributed by atoms with Crippen LogP contribution in [0.25, 0.3) is 0 Å². The maximum Gasteiger partial charge on any atom is 0.273 e. The summed E-state index contributed by atoms with van der Waals surface area (Å²) in [5.41, 5.74) is 5.16. The van der Waals surface area contributed by atoms with Gasteiger partial charge in [0.15, 0.2) is 6.10 Å². The largest absolute Gasteiger partial charge is 0.489 e. The standard InChI is InChI=1S/C23H21BrN2O3/c1-28-22(18-10-6-3-7-11-18)23(27)26-25-15-19-14-20(12-13-21(19)24)29-16-17-8-4-2-5-9-17/h2-15,22H,16H2,1H3,(H,26,27)/b25-15-/t22-/m1/s1. The molecule has 0 aliphatic heterocycles. The lowest BCUT2D eigenvalue weighted by Gasteiger charge is -2.13. The fourth-order valence-electron chi connectivity index (χ4n) is 2.70. The quantitative estimate of drug-likeness (QED) is 0.391. The fraction of sp³-hybridized carbons (Fsp3) is 0.130. The van der Waals surface area contributed by atoms with Crippen LogP contribution in [0.1, 0.15) is 22.8 Å². The molecule has 3 rings (SSSR count). The highest BCUT2D eigenvalue weighted by Gasteiger charge is 2.19. The van der Waals surface area contributed by atoms with Crippen molar-refractivity contribution in [3.8, 4) is 5.75 Å². The van der Waals surface area contributed by atoms with Gasteiger partial charge in [0, 0.05) is 17.1 Å². The van der Waals surface area contributed by atoms with E-state index in [0.29, 0.717) is 12.4 Å². The van der Waals surface area contributed by atoms with Crippen LogP contribution in [0.3, 0.4) is 0 Å². The van der Waals surface area contributed by atoms with Gasteiger partial charge in [0.2, 0.25) is 0 Å². The van der Waals surface area contributed by atoms with E-state index >= 15 is 0 Å². The van der Waals surface area contributed by atoms with Crippen LogP contribution >= 0.6 is 15.9 Å². The summed E-state index contributed by atoms with van der Waals surface area (Å²) >= 11 is 3.49. The maximum absolute atomic E-state index is 12.4. The van der Waals surface area contributed by atoms with Gasteiger partial charge < -0.3 is 9.47 Å². The minimum absolute atomic E-state index is 0.345. The van der Waals surface area contributed by atoms with Crippen molar-refractivity contribution in [2.24, 2.45) is 5.10 Å². The number of nitrogens with zero attached hydrogens (tertiary/aromatic N) is 1. The lowest BCUT2D eigenvalue weighted by molar-refractivity contribution is -0.131. The number of rotatable bonds is 8. The lowest BCUT2D eigenvalue weighted by atomic mass is 10.1. The third-order valence-corrected chi connectivity index (χ3v) is 4.89. The molecule has 3 aromatic rings. The first-order valence-corrected chi connectivity index (χ1v) is 9.83. The predicted octanol–water partition coefficient (Wildman–Crippen LogP) is 4.87. The van der Waals surface area contributed by atoms with Crippen molar-refractivity contribution >= 4 is 28.1 Å². The van der Waals surface area contributed by atoms with Gasteiger partial charge in [-0.3, -0.25) is 4.79 Å². The zero-order valence-corrected chi connectivity index (χ0v) is 17.5. The zero-order chi connectivity index (χ0) is 20.5. The van der Waals surface area contributed by atoms with Crippen LogP contribution in [0.4, 0.5) is 0 Å². The Morgan fingerprint density at radius 3 is 2.45 bits per heavy atom. The van der Waals surface area contributed by atoms with Gasteiger partial charge in [-0.1, -0.05) is 76.6 Å². The summed E-state index contributed by atoms with van der Waals surface area (Å²) < 4.78 is 12.0. The van der Waals surface area contributed by atoms with Crippen molar-refractivity contribution in [3.05, 3.63) is 100 Å². The fourth-order valence-corrected chi connectivity index (χ4v) is 3.05. The third-order valence-electron chi connectivity index (χ3n) is 4.17. The summed E-state index contributed by atoms with van der Waals surface area (Å²) in [4.78, 5) is 12.4. The van der Waals surface area contributed by atoms with Crippen molar-refractivity contribution in [2.45, 2.75) is 12.7 Å². The van der Waals surface area contributed by atoms with Crippen molar-refractivity contribution in [2.75, 3.05) is 7.11 Å². The molecule has 0 aliphatic rings. The van der Waals surface area contributed by atoms with E-state index in [2.05, 4.69) is 26.5 Å². The second kappa shape index (κ2) is 10.5. The molecule has 0 unspecified atom stereocenters. The molecule has 1 atom stereocenters. The van der Waals surface area contributed by atoms with Crippen LogP contribution in [-0.2, 0) is 16.1 Å². The average Bonchev–Trinajstić information content (AvgIpc) is 2.76. The Morgan fingerprint density at radius 1 is 1.07 bits per heavy atom. The summed E-state index contributed by atoms with van der Waals surface area (Å²) in [6, 6.07) is 24.8. The van der Waals surface area contributed by atoms with Gasteiger partial charge in [0.1, 0.15) is 12.4 Å². The molecule has 29 heavy (non-hydrogen) atoms. The molecule has 0 spiro atoms. The Kier molecular flexibility index (Phi) is 7.55. The highest BCUT2D eigenvalue weighted by atomic mass is 79.9. The number of methoxy groups -OCH3 is 1. The van der Waals surface area contributed by atoms with Crippen LogP contribution in [0.2, 0.25) is 0 Å². The van der Waals surface area contributed by atoms with Crippen LogP contribution in [0, 0.1) is 0 Å². The minimum atomic E-state index is -0.725. The average molecular weight is 453 g/mol. The highest BCUT2D eigenvalue weighted by molar-refractivity contribution is 9.10. The monoisotopic (exact) mass is 452 g/mol. The van der Waals surface area contributed by atoms with E-state index in [1.54, 1.807) is 6.21 Å². The molecule has 0 heterocycles. The summed E-state index contributed by atoms with van der Waals surface area (Å²) in [5, 5.41) is 4.07. The Morgan fingerprint density at radius 2 is 1.76 bits per heavy atom. The summed E-state index contributed by atoms with van der Waals surface area (Å²) in [6.07, 6.45) is 0.840. The molecule has 1 N–H and O–H groups in total. The van der Waals surface area contributed by atoms with Crippen molar-refractivity contribution < 1.29 is 14.3 Å². The second-order valence-corrected chi connectivity index (χ2v) is 7.07.